The normalized spacial score (nSPS) is 10.2. The SMILES string of the molecule is COc1ccc(C(=O)N(CCO)Cc2ccccc2)cc1[N+](=O)[O-]. The van der Waals surface area contributed by atoms with E-state index < -0.39 is 10.8 Å². The van der Waals surface area contributed by atoms with E-state index in [0.29, 0.717) is 6.54 Å². The fraction of sp³-hybridized carbons (Fsp3) is 0.235. The van der Waals surface area contributed by atoms with Crippen LogP contribution in [0.5, 0.6) is 5.75 Å². The van der Waals surface area contributed by atoms with Gasteiger partial charge >= 0.3 is 5.69 Å². The summed E-state index contributed by atoms with van der Waals surface area (Å²) in [6, 6.07) is 13.4. The van der Waals surface area contributed by atoms with E-state index in [1.807, 2.05) is 30.3 Å². The Hall–Kier alpha value is -2.93. The van der Waals surface area contributed by atoms with Crippen molar-refractivity contribution in [2.75, 3.05) is 20.3 Å². The van der Waals surface area contributed by atoms with Crippen molar-refractivity contribution in [3.63, 3.8) is 0 Å². The molecule has 0 saturated carbocycles. The molecule has 126 valence electrons. The van der Waals surface area contributed by atoms with Gasteiger partial charge in [-0.15, -0.1) is 0 Å². The van der Waals surface area contributed by atoms with E-state index in [0.717, 1.165) is 5.56 Å². The summed E-state index contributed by atoms with van der Waals surface area (Å²) in [5, 5.41) is 20.3. The predicted molar refractivity (Wildman–Crippen MR) is 87.9 cm³/mol. The maximum Gasteiger partial charge on any atom is 0.311 e. The van der Waals surface area contributed by atoms with Gasteiger partial charge in [-0.25, -0.2) is 0 Å². The fourth-order valence-corrected chi connectivity index (χ4v) is 2.33. The molecule has 0 spiro atoms. The molecule has 0 aromatic heterocycles. The van der Waals surface area contributed by atoms with E-state index in [-0.39, 0.29) is 30.2 Å². The predicted octanol–water partition coefficient (Wildman–Crippen LogP) is 2.24. The summed E-state index contributed by atoms with van der Waals surface area (Å²) in [6.07, 6.45) is 0. The quantitative estimate of drug-likeness (QED) is 0.621. The molecule has 0 unspecified atom stereocenters. The van der Waals surface area contributed by atoms with Gasteiger partial charge in [0, 0.05) is 24.7 Å². The highest BCUT2D eigenvalue weighted by molar-refractivity contribution is 5.95. The smallest absolute Gasteiger partial charge is 0.311 e. The van der Waals surface area contributed by atoms with Crippen LogP contribution in [0.1, 0.15) is 15.9 Å². The molecule has 0 aliphatic carbocycles. The van der Waals surface area contributed by atoms with Crippen LogP contribution in [0.15, 0.2) is 48.5 Å². The summed E-state index contributed by atoms with van der Waals surface area (Å²) >= 11 is 0. The van der Waals surface area contributed by atoms with E-state index in [1.54, 1.807) is 0 Å². The van der Waals surface area contributed by atoms with Crippen LogP contribution in [0.2, 0.25) is 0 Å². The first-order valence-corrected chi connectivity index (χ1v) is 7.33. The number of hydrogen-bond acceptors (Lipinski definition) is 5. The molecule has 0 aliphatic rings. The molecule has 0 fully saturated rings. The third kappa shape index (κ3) is 4.08. The lowest BCUT2D eigenvalue weighted by Crippen LogP contribution is -2.33. The first-order chi connectivity index (χ1) is 11.6. The van der Waals surface area contributed by atoms with Crippen LogP contribution in [-0.2, 0) is 6.54 Å². The molecule has 0 heterocycles. The van der Waals surface area contributed by atoms with Gasteiger partial charge < -0.3 is 14.7 Å². The minimum atomic E-state index is -0.594. The Labute approximate surface area is 139 Å². The Bertz CT molecular complexity index is 718. The Morgan fingerprint density at radius 2 is 1.96 bits per heavy atom. The van der Waals surface area contributed by atoms with Gasteiger partial charge in [-0.2, -0.15) is 0 Å². The number of carbonyl (C=O) groups excluding carboxylic acids is 1. The summed E-state index contributed by atoms with van der Waals surface area (Å²) in [7, 11) is 1.33. The second kappa shape index (κ2) is 8.07. The zero-order valence-electron chi connectivity index (χ0n) is 13.2. The highest BCUT2D eigenvalue weighted by atomic mass is 16.6. The van der Waals surface area contributed by atoms with Crippen LogP contribution >= 0.6 is 0 Å². The van der Waals surface area contributed by atoms with E-state index in [9.17, 15) is 20.0 Å². The lowest BCUT2D eigenvalue weighted by atomic mass is 10.1. The summed E-state index contributed by atoms with van der Waals surface area (Å²) in [5.74, 6) is -0.299. The van der Waals surface area contributed by atoms with Crippen molar-refractivity contribution in [3.05, 3.63) is 69.8 Å². The number of nitro groups is 1. The number of nitro benzene ring substituents is 1. The summed E-state index contributed by atoms with van der Waals surface area (Å²) < 4.78 is 4.94. The number of methoxy groups -OCH3 is 1. The topological polar surface area (TPSA) is 92.9 Å². The molecule has 0 aliphatic heterocycles. The Kier molecular flexibility index (Phi) is 5.86. The van der Waals surface area contributed by atoms with Crippen LogP contribution in [-0.4, -0.2) is 41.1 Å². The van der Waals surface area contributed by atoms with Gasteiger partial charge in [0.15, 0.2) is 5.75 Å². The third-order valence-corrected chi connectivity index (χ3v) is 3.50. The molecule has 7 heteroatoms. The number of hydrogen-bond donors (Lipinski definition) is 1. The standard InChI is InChI=1S/C17H18N2O5/c1-24-16-8-7-14(11-15(16)19(22)23)17(21)18(9-10-20)12-13-5-3-2-4-6-13/h2-8,11,20H,9-10,12H2,1H3. The second-order valence-electron chi connectivity index (χ2n) is 5.08. The molecule has 2 rings (SSSR count). The van der Waals surface area contributed by atoms with Crippen molar-refractivity contribution in [2.24, 2.45) is 0 Å². The molecule has 2 aromatic carbocycles. The van der Waals surface area contributed by atoms with Gasteiger partial charge in [-0.3, -0.25) is 14.9 Å². The number of ether oxygens (including phenoxy) is 1. The van der Waals surface area contributed by atoms with Gasteiger partial charge in [0.05, 0.1) is 18.6 Å². The van der Waals surface area contributed by atoms with Gasteiger partial charge in [0.1, 0.15) is 0 Å². The van der Waals surface area contributed by atoms with Crippen molar-refractivity contribution >= 4 is 11.6 Å². The van der Waals surface area contributed by atoms with E-state index >= 15 is 0 Å². The molecule has 1 N–H and O–H groups in total. The van der Waals surface area contributed by atoms with Crippen LogP contribution in [0.4, 0.5) is 5.69 Å². The number of aliphatic hydroxyl groups excluding tert-OH is 1. The average molecular weight is 330 g/mol. The van der Waals surface area contributed by atoms with Gasteiger partial charge in [-0.1, -0.05) is 30.3 Å². The van der Waals surface area contributed by atoms with Crippen molar-refractivity contribution in [3.8, 4) is 5.75 Å². The van der Waals surface area contributed by atoms with Crippen molar-refractivity contribution < 1.29 is 19.6 Å². The first kappa shape index (κ1) is 17.4. The van der Waals surface area contributed by atoms with Crippen LogP contribution in [0.25, 0.3) is 0 Å². The van der Waals surface area contributed by atoms with E-state index in [2.05, 4.69) is 0 Å². The van der Waals surface area contributed by atoms with E-state index in [1.165, 1.54) is 30.2 Å². The highest BCUT2D eigenvalue weighted by Crippen LogP contribution is 2.28. The van der Waals surface area contributed by atoms with E-state index in [4.69, 9.17) is 4.74 Å². The number of rotatable bonds is 7. The molecule has 1 amide bonds. The van der Waals surface area contributed by atoms with Gasteiger partial charge in [0.25, 0.3) is 5.91 Å². The number of carbonyl (C=O) groups is 1. The zero-order valence-corrected chi connectivity index (χ0v) is 13.2. The summed E-state index contributed by atoms with van der Waals surface area (Å²) in [5.41, 5.74) is 0.807. The zero-order chi connectivity index (χ0) is 17.5. The van der Waals surface area contributed by atoms with Crippen LogP contribution in [0, 0.1) is 10.1 Å². The number of aliphatic hydroxyl groups is 1. The van der Waals surface area contributed by atoms with Crippen molar-refractivity contribution in [1.82, 2.24) is 4.90 Å². The molecule has 24 heavy (non-hydrogen) atoms. The molecule has 0 saturated heterocycles. The Morgan fingerprint density at radius 1 is 1.25 bits per heavy atom. The lowest BCUT2D eigenvalue weighted by Gasteiger charge is -2.22. The third-order valence-electron chi connectivity index (χ3n) is 3.50. The Balaban J connectivity index is 2.29. The summed E-state index contributed by atoms with van der Waals surface area (Å²) in [6.45, 7) is 0.241. The first-order valence-electron chi connectivity index (χ1n) is 7.33. The van der Waals surface area contributed by atoms with Crippen molar-refractivity contribution in [2.45, 2.75) is 6.54 Å². The maximum absolute atomic E-state index is 12.7. The Morgan fingerprint density at radius 3 is 2.54 bits per heavy atom. The molecule has 0 radical (unpaired) electrons. The maximum atomic E-state index is 12.7. The van der Waals surface area contributed by atoms with Crippen LogP contribution < -0.4 is 4.74 Å². The van der Waals surface area contributed by atoms with Gasteiger partial charge in [0.2, 0.25) is 0 Å². The minimum Gasteiger partial charge on any atom is -0.490 e. The molecule has 0 atom stereocenters. The highest BCUT2D eigenvalue weighted by Gasteiger charge is 2.21. The molecular formula is C17H18N2O5. The summed E-state index contributed by atoms with van der Waals surface area (Å²) in [4.78, 5) is 24.6. The van der Waals surface area contributed by atoms with Crippen molar-refractivity contribution in [1.29, 1.82) is 0 Å². The number of nitrogens with zero attached hydrogens (tertiary/aromatic N) is 2. The largest absolute Gasteiger partial charge is 0.490 e. The minimum absolute atomic E-state index is 0.0910. The molecule has 0 bridgehead atoms. The second-order valence-corrected chi connectivity index (χ2v) is 5.08. The fourth-order valence-electron chi connectivity index (χ4n) is 2.33. The average Bonchev–Trinajstić information content (AvgIpc) is 2.61. The van der Waals surface area contributed by atoms with Gasteiger partial charge in [-0.05, 0) is 17.7 Å². The number of benzene rings is 2. The lowest BCUT2D eigenvalue weighted by molar-refractivity contribution is -0.385. The number of amides is 1. The molecule has 2 aromatic rings. The van der Waals surface area contributed by atoms with Crippen LogP contribution in [0.3, 0.4) is 0 Å². The molecular weight excluding hydrogens is 312 g/mol. The molecule has 7 nitrogen and oxygen atoms in total. The monoisotopic (exact) mass is 330 g/mol.